The second-order valence-corrected chi connectivity index (χ2v) is 11.4. The van der Waals surface area contributed by atoms with Gasteiger partial charge in [-0.1, -0.05) is 45.0 Å². The van der Waals surface area contributed by atoms with Crippen LogP contribution >= 0.6 is 0 Å². The lowest BCUT2D eigenvalue weighted by Crippen LogP contribution is -2.63. The smallest absolute Gasteiger partial charge is 0.124 e. The topological polar surface area (TPSA) is 74.3 Å². The minimum Gasteiger partial charge on any atom is -0.380 e. The van der Waals surface area contributed by atoms with Crippen molar-refractivity contribution >= 4 is 0 Å². The highest BCUT2D eigenvalue weighted by Crippen LogP contribution is 2.50. The van der Waals surface area contributed by atoms with Crippen LogP contribution in [0.4, 0.5) is 0 Å². The first-order valence-corrected chi connectivity index (χ1v) is 12.1. The van der Waals surface area contributed by atoms with Gasteiger partial charge in [-0.2, -0.15) is 5.10 Å². The third kappa shape index (κ3) is 4.67. The predicted molar refractivity (Wildman–Crippen MR) is 135 cm³/mol. The van der Waals surface area contributed by atoms with Gasteiger partial charge < -0.3 is 14.7 Å². The number of nitrogens with one attached hydrogen (secondary N) is 1. The molecule has 34 heavy (non-hydrogen) atoms. The zero-order valence-corrected chi connectivity index (χ0v) is 21.5. The van der Waals surface area contributed by atoms with E-state index in [0.717, 1.165) is 41.2 Å². The Labute approximate surface area is 203 Å². The highest BCUT2D eigenvalue weighted by Gasteiger charge is 2.55. The first-order chi connectivity index (χ1) is 15.9. The fourth-order valence-electron chi connectivity index (χ4n) is 5.00. The van der Waals surface area contributed by atoms with Crippen molar-refractivity contribution in [2.75, 3.05) is 20.1 Å². The van der Waals surface area contributed by atoms with Crippen LogP contribution in [-0.4, -0.2) is 50.9 Å². The Morgan fingerprint density at radius 3 is 2.35 bits per heavy atom. The summed E-state index contributed by atoms with van der Waals surface area (Å²) < 4.78 is 5.87. The van der Waals surface area contributed by atoms with Gasteiger partial charge in [-0.15, -0.1) is 0 Å². The van der Waals surface area contributed by atoms with Crippen molar-refractivity contribution in [3.63, 3.8) is 0 Å². The molecule has 6 heteroatoms. The van der Waals surface area contributed by atoms with Crippen LogP contribution in [0.3, 0.4) is 0 Å². The van der Waals surface area contributed by atoms with Crippen LogP contribution in [0.1, 0.15) is 69.8 Å². The molecule has 1 atom stereocenters. The summed E-state index contributed by atoms with van der Waals surface area (Å²) in [5, 5.41) is 20.0. The zero-order valence-electron chi connectivity index (χ0n) is 21.5. The first kappa shape index (κ1) is 24.6. The summed E-state index contributed by atoms with van der Waals surface area (Å²) >= 11 is 0. The van der Waals surface area contributed by atoms with Crippen molar-refractivity contribution in [2.45, 2.75) is 65.3 Å². The Morgan fingerprint density at radius 1 is 1.09 bits per heavy atom. The van der Waals surface area contributed by atoms with Crippen LogP contribution in [-0.2, 0) is 16.9 Å². The van der Waals surface area contributed by atoms with Crippen molar-refractivity contribution < 1.29 is 9.84 Å². The van der Waals surface area contributed by atoms with E-state index >= 15 is 0 Å². The first-order valence-electron chi connectivity index (χ1n) is 12.1. The van der Waals surface area contributed by atoms with Crippen molar-refractivity contribution in [1.29, 1.82) is 0 Å². The summed E-state index contributed by atoms with van der Waals surface area (Å²) in [6.07, 6.45) is 3.59. The molecule has 3 aromatic rings. The molecule has 1 aliphatic rings. The molecular formula is C28H38N4O2. The van der Waals surface area contributed by atoms with E-state index in [4.69, 9.17) is 4.74 Å². The van der Waals surface area contributed by atoms with E-state index < -0.39 is 5.60 Å². The fourth-order valence-corrected chi connectivity index (χ4v) is 5.00. The molecule has 0 spiro atoms. The molecule has 0 saturated carbocycles. The van der Waals surface area contributed by atoms with Gasteiger partial charge in [-0.05, 0) is 57.0 Å². The Bertz CT molecular complexity index is 1120. The molecular weight excluding hydrogens is 424 g/mol. The summed E-state index contributed by atoms with van der Waals surface area (Å²) in [6.45, 7) is 14.7. The maximum absolute atomic E-state index is 12.4. The van der Waals surface area contributed by atoms with E-state index in [1.165, 1.54) is 5.56 Å². The van der Waals surface area contributed by atoms with Crippen LogP contribution < -0.4 is 0 Å². The fraction of sp³-hybridized carbons (Fsp3) is 0.500. The molecule has 6 nitrogen and oxygen atoms in total. The number of likely N-dealkylation sites (tertiary alicyclic amines) is 1. The molecule has 1 aromatic carbocycles. The summed E-state index contributed by atoms with van der Waals surface area (Å²) in [7, 11) is 2.09. The van der Waals surface area contributed by atoms with E-state index in [2.05, 4.69) is 72.2 Å². The monoisotopic (exact) mass is 462 g/mol. The quantitative estimate of drug-likeness (QED) is 0.511. The molecule has 2 N–H and O–H groups in total. The van der Waals surface area contributed by atoms with E-state index in [9.17, 15) is 5.11 Å². The lowest BCUT2D eigenvalue weighted by Gasteiger charge is -2.55. The van der Waals surface area contributed by atoms with Crippen molar-refractivity contribution in [3.05, 3.63) is 71.2 Å². The van der Waals surface area contributed by atoms with Gasteiger partial charge >= 0.3 is 0 Å². The van der Waals surface area contributed by atoms with E-state index in [1.807, 2.05) is 32.9 Å². The average molecular weight is 463 g/mol. The lowest BCUT2D eigenvalue weighted by atomic mass is 9.62. The van der Waals surface area contributed by atoms with Gasteiger partial charge in [-0.25, -0.2) is 0 Å². The van der Waals surface area contributed by atoms with Crippen molar-refractivity contribution in [2.24, 2.45) is 5.41 Å². The number of aliphatic hydroxyl groups is 1. The summed E-state index contributed by atoms with van der Waals surface area (Å²) in [4.78, 5) is 6.76. The maximum Gasteiger partial charge on any atom is 0.124 e. The largest absolute Gasteiger partial charge is 0.380 e. The molecule has 1 fully saturated rings. The second-order valence-electron chi connectivity index (χ2n) is 11.4. The SMILES string of the molecule is CC(C)c1ccc([C@](O)(c2cncc(-c3cc(COC(C)(C)C)[nH]n3)c2)C2(C)CN(C)C2)cc1. The van der Waals surface area contributed by atoms with Gasteiger partial charge in [0.05, 0.1) is 23.6 Å². The van der Waals surface area contributed by atoms with Crippen molar-refractivity contribution in [1.82, 2.24) is 20.1 Å². The summed E-state index contributed by atoms with van der Waals surface area (Å²) in [6, 6.07) is 12.4. The molecule has 0 radical (unpaired) electrons. The van der Waals surface area contributed by atoms with Crippen LogP contribution in [0.5, 0.6) is 0 Å². The molecule has 4 rings (SSSR count). The number of pyridine rings is 1. The van der Waals surface area contributed by atoms with Crippen molar-refractivity contribution in [3.8, 4) is 11.3 Å². The normalized spacial score (nSPS) is 18.0. The number of nitrogens with zero attached hydrogens (tertiary/aromatic N) is 3. The van der Waals surface area contributed by atoms with E-state index in [-0.39, 0.29) is 11.0 Å². The average Bonchev–Trinajstić information content (AvgIpc) is 3.25. The highest BCUT2D eigenvalue weighted by atomic mass is 16.5. The number of H-pyrrole nitrogens is 1. The molecule has 3 heterocycles. The standard InChI is InChI=1S/C28H38N4O2/c1-19(2)20-8-10-22(11-9-20)28(33,27(6)17-32(7)18-27)23-12-21(14-29-15-23)25-13-24(30-31-25)16-34-26(3,4)5/h8-15,19,33H,16-18H2,1-7H3,(H,30,31)/t28-/m0/s1. The number of rotatable bonds is 7. The Balaban J connectivity index is 1.71. The third-order valence-corrected chi connectivity index (χ3v) is 6.85. The number of benzene rings is 1. The molecule has 0 aliphatic carbocycles. The van der Waals surface area contributed by atoms with Crippen LogP contribution in [0.25, 0.3) is 11.3 Å². The number of aromatic amines is 1. The predicted octanol–water partition coefficient (Wildman–Crippen LogP) is 5.10. The molecule has 0 unspecified atom stereocenters. The van der Waals surface area contributed by atoms with Crippen LogP contribution in [0, 0.1) is 5.41 Å². The van der Waals surface area contributed by atoms with Crippen LogP contribution in [0.2, 0.25) is 0 Å². The van der Waals surface area contributed by atoms with Gasteiger partial charge in [0, 0.05) is 42.0 Å². The molecule has 182 valence electrons. The van der Waals surface area contributed by atoms with Gasteiger partial charge in [0.1, 0.15) is 5.60 Å². The molecule has 0 amide bonds. The highest BCUT2D eigenvalue weighted by molar-refractivity contribution is 5.60. The number of ether oxygens (including phenoxy) is 1. The van der Waals surface area contributed by atoms with Gasteiger partial charge in [0.25, 0.3) is 0 Å². The summed E-state index contributed by atoms with van der Waals surface area (Å²) in [5.41, 5.74) is 3.77. The van der Waals surface area contributed by atoms with Gasteiger partial charge in [-0.3, -0.25) is 10.1 Å². The number of aromatic nitrogens is 3. The maximum atomic E-state index is 12.4. The third-order valence-electron chi connectivity index (χ3n) is 6.85. The van der Waals surface area contributed by atoms with Gasteiger partial charge in [0.2, 0.25) is 0 Å². The minimum absolute atomic E-state index is 0.222. The van der Waals surface area contributed by atoms with E-state index in [0.29, 0.717) is 12.5 Å². The van der Waals surface area contributed by atoms with E-state index in [1.54, 1.807) is 12.4 Å². The molecule has 1 aliphatic heterocycles. The Hall–Kier alpha value is -2.54. The zero-order chi connectivity index (χ0) is 24.7. The molecule has 0 bridgehead atoms. The molecule has 2 aromatic heterocycles. The number of hydrogen-bond acceptors (Lipinski definition) is 5. The van der Waals surface area contributed by atoms with Gasteiger partial charge in [0.15, 0.2) is 0 Å². The lowest BCUT2D eigenvalue weighted by molar-refractivity contribution is -0.127. The number of hydrogen-bond donors (Lipinski definition) is 2. The second kappa shape index (κ2) is 8.91. The Morgan fingerprint density at radius 2 is 1.76 bits per heavy atom. The van der Waals surface area contributed by atoms with Crippen LogP contribution in [0.15, 0.2) is 48.8 Å². The molecule has 1 saturated heterocycles. The summed E-state index contributed by atoms with van der Waals surface area (Å²) in [5.74, 6) is 0.439. The Kier molecular flexibility index (Phi) is 6.44. The minimum atomic E-state index is -1.17.